The van der Waals surface area contributed by atoms with Crippen LogP contribution in [0.4, 0.5) is 0 Å². The predicted molar refractivity (Wildman–Crippen MR) is 58.0 cm³/mol. The smallest absolute Gasteiger partial charge is 0.196 e. The van der Waals surface area contributed by atoms with Crippen molar-refractivity contribution in [3.05, 3.63) is 17.8 Å². The number of nitrogens with zero attached hydrogens (tertiary/aromatic N) is 1. The normalized spacial score (nSPS) is 8.31. The van der Waals surface area contributed by atoms with E-state index in [1.54, 1.807) is 6.26 Å². The second-order valence-corrected chi connectivity index (χ2v) is 2.48. The van der Waals surface area contributed by atoms with Crippen LogP contribution in [0, 0.1) is 6.92 Å². The SMILES string of the molecule is CC.CC.Cc1coc(C(C)C)n1. The Kier molecular flexibility index (Phi) is 10.5. The van der Waals surface area contributed by atoms with Gasteiger partial charge in [0.25, 0.3) is 0 Å². The third-order valence-corrected chi connectivity index (χ3v) is 1.13. The summed E-state index contributed by atoms with van der Waals surface area (Å²) in [5.74, 6) is 1.23. The summed E-state index contributed by atoms with van der Waals surface area (Å²) in [6.45, 7) is 14.0. The Morgan fingerprint density at radius 3 is 1.77 bits per heavy atom. The van der Waals surface area contributed by atoms with Crippen molar-refractivity contribution in [1.82, 2.24) is 4.98 Å². The highest BCUT2D eigenvalue weighted by molar-refractivity contribution is 4.95. The molecular weight excluding hydrogens is 162 g/mol. The van der Waals surface area contributed by atoms with Crippen molar-refractivity contribution in [2.75, 3.05) is 0 Å². The summed E-state index contributed by atoms with van der Waals surface area (Å²) in [7, 11) is 0. The van der Waals surface area contributed by atoms with Crippen LogP contribution in [0.1, 0.15) is 59.0 Å². The molecule has 1 heterocycles. The first kappa shape index (κ1) is 14.7. The van der Waals surface area contributed by atoms with Crippen LogP contribution in [0.25, 0.3) is 0 Å². The Labute approximate surface area is 82.4 Å². The van der Waals surface area contributed by atoms with Crippen molar-refractivity contribution < 1.29 is 4.42 Å². The maximum atomic E-state index is 5.11. The van der Waals surface area contributed by atoms with Crippen molar-refractivity contribution >= 4 is 0 Å². The minimum Gasteiger partial charge on any atom is -0.448 e. The molecule has 0 radical (unpaired) electrons. The molecule has 0 aliphatic heterocycles. The largest absolute Gasteiger partial charge is 0.448 e. The summed E-state index contributed by atoms with van der Waals surface area (Å²) >= 11 is 0. The van der Waals surface area contributed by atoms with Crippen molar-refractivity contribution in [1.29, 1.82) is 0 Å². The number of hydrogen-bond acceptors (Lipinski definition) is 2. The lowest BCUT2D eigenvalue weighted by Crippen LogP contribution is -1.85. The van der Waals surface area contributed by atoms with E-state index in [4.69, 9.17) is 4.42 Å². The van der Waals surface area contributed by atoms with Gasteiger partial charge in [0, 0.05) is 5.92 Å². The van der Waals surface area contributed by atoms with E-state index in [2.05, 4.69) is 18.8 Å². The zero-order chi connectivity index (χ0) is 10.9. The molecule has 0 saturated carbocycles. The third-order valence-electron chi connectivity index (χ3n) is 1.13. The number of oxazole rings is 1. The van der Waals surface area contributed by atoms with Crippen molar-refractivity contribution in [2.45, 2.75) is 54.4 Å². The summed E-state index contributed by atoms with van der Waals surface area (Å²) in [5.41, 5.74) is 0.957. The lowest BCUT2D eigenvalue weighted by atomic mass is 10.2. The van der Waals surface area contributed by atoms with Crippen LogP contribution in [-0.4, -0.2) is 4.98 Å². The quantitative estimate of drug-likeness (QED) is 0.656. The molecule has 0 spiro atoms. The van der Waals surface area contributed by atoms with E-state index in [-0.39, 0.29) is 0 Å². The fourth-order valence-electron chi connectivity index (χ4n) is 0.637. The minimum absolute atomic E-state index is 0.402. The molecule has 0 fully saturated rings. The first-order valence-electron chi connectivity index (χ1n) is 5.12. The number of hydrogen-bond donors (Lipinski definition) is 0. The van der Waals surface area contributed by atoms with E-state index in [0.717, 1.165) is 11.6 Å². The van der Waals surface area contributed by atoms with Gasteiger partial charge in [-0.25, -0.2) is 4.98 Å². The molecule has 0 amide bonds. The lowest BCUT2D eigenvalue weighted by molar-refractivity contribution is 0.471. The first-order valence-corrected chi connectivity index (χ1v) is 5.12. The molecule has 0 N–H and O–H groups in total. The van der Waals surface area contributed by atoms with Gasteiger partial charge in [-0.2, -0.15) is 0 Å². The van der Waals surface area contributed by atoms with Crippen molar-refractivity contribution in [2.24, 2.45) is 0 Å². The first-order chi connectivity index (χ1) is 6.20. The summed E-state index contributed by atoms with van der Waals surface area (Å²) < 4.78 is 5.11. The summed E-state index contributed by atoms with van der Waals surface area (Å²) in [4.78, 5) is 4.14. The zero-order valence-corrected chi connectivity index (χ0v) is 10.0. The second kappa shape index (κ2) is 9.30. The molecule has 0 aliphatic rings. The topological polar surface area (TPSA) is 26.0 Å². The molecule has 0 unspecified atom stereocenters. The highest BCUT2D eigenvalue weighted by Gasteiger charge is 2.03. The molecule has 2 heteroatoms. The Hall–Kier alpha value is -0.790. The van der Waals surface area contributed by atoms with Gasteiger partial charge in [-0.3, -0.25) is 0 Å². The molecule has 0 saturated heterocycles. The van der Waals surface area contributed by atoms with Crippen LogP contribution in [0.3, 0.4) is 0 Å². The van der Waals surface area contributed by atoms with E-state index in [0.29, 0.717) is 5.92 Å². The van der Waals surface area contributed by atoms with Gasteiger partial charge in [0.05, 0.1) is 5.69 Å². The number of rotatable bonds is 1. The van der Waals surface area contributed by atoms with Gasteiger partial charge < -0.3 is 4.42 Å². The van der Waals surface area contributed by atoms with E-state index in [1.807, 2.05) is 34.6 Å². The summed E-state index contributed by atoms with van der Waals surface area (Å²) in [6.07, 6.45) is 1.68. The highest BCUT2D eigenvalue weighted by Crippen LogP contribution is 2.11. The average Bonchev–Trinajstić information content (AvgIpc) is 2.59. The molecular formula is C11H23NO. The Bertz CT molecular complexity index is 192. The molecule has 1 aromatic heterocycles. The van der Waals surface area contributed by atoms with Gasteiger partial charge >= 0.3 is 0 Å². The van der Waals surface area contributed by atoms with Crippen LogP contribution >= 0.6 is 0 Å². The molecule has 1 rings (SSSR count). The molecule has 0 aliphatic carbocycles. The van der Waals surface area contributed by atoms with E-state index < -0.39 is 0 Å². The standard InChI is InChI=1S/C7H11NO.2C2H6/c1-5(2)7-8-6(3)4-9-7;2*1-2/h4-5H,1-3H3;2*1-2H3. The molecule has 2 nitrogen and oxygen atoms in total. The molecule has 0 bridgehead atoms. The van der Waals surface area contributed by atoms with Crippen LogP contribution in [-0.2, 0) is 0 Å². The predicted octanol–water partition coefficient (Wildman–Crippen LogP) is 4.16. The van der Waals surface area contributed by atoms with Gasteiger partial charge in [-0.1, -0.05) is 41.5 Å². The van der Waals surface area contributed by atoms with Crippen LogP contribution in [0.5, 0.6) is 0 Å². The molecule has 13 heavy (non-hydrogen) atoms. The Morgan fingerprint density at radius 1 is 1.15 bits per heavy atom. The highest BCUT2D eigenvalue weighted by atomic mass is 16.3. The minimum atomic E-state index is 0.402. The molecule has 1 aromatic rings. The monoisotopic (exact) mass is 185 g/mol. The summed E-state index contributed by atoms with van der Waals surface area (Å²) in [6, 6.07) is 0. The van der Waals surface area contributed by atoms with Gasteiger partial charge in [-0.15, -0.1) is 0 Å². The molecule has 0 aromatic carbocycles. The van der Waals surface area contributed by atoms with E-state index >= 15 is 0 Å². The fraction of sp³-hybridized carbons (Fsp3) is 0.727. The fourth-order valence-corrected chi connectivity index (χ4v) is 0.637. The van der Waals surface area contributed by atoms with Crippen LogP contribution < -0.4 is 0 Å². The maximum Gasteiger partial charge on any atom is 0.196 e. The van der Waals surface area contributed by atoms with Gasteiger partial charge in [-0.05, 0) is 6.92 Å². The Morgan fingerprint density at radius 2 is 1.62 bits per heavy atom. The number of aryl methyl sites for hydroxylation is 1. The second-order valence-electron chi connectivity index (χ2n) is 2.48. The summed E-state index contributed by atoms with van der Waals surface area (Å²) in [5, 5.41) is 0. The van der Waals surface area contributed by atoms with E-state index in [9.17, 15) is 0 Å². The van der Waals surface area contributed by atoms with Crippen molar-refractivity contribution in [3.63, 3.8) is 0 Å². The average molecular weight is 185 g/mol. The van der Waals surface area contributed by atoms with E-state index in [1.165, 1.54) is 0 Å². The van der Waals surface area contributed by atoms with Crippen LogP contribution in [0.15, 0.2) is 10.7 Å². The lowest BCUT2D eigenvalue weighted by Gasteiger charge is -1.93. The molecule has 0 atom stereocenters. The molecule has 78 valence electrons. The third kappa shape index (κ3) is 6.38. The van der Waals surface area contributed by atoms with Crippen LogP contribution in [0.2, 0.25) is 0 Å². The van der Waals surface area contributed by atoms with Crippen molar-refractivity contribution in [3.8, 4) is 0 Å². The zero-order valence-electron chi connectivity index (χ0n) is 10.0. The number of aromatic nitrogens is 1. The van der Waals surface area contributed by atoms with Gasteiger partial charge in [0.15, 0.2) is 5.89 Å². The maximum absolute atomic E-state index is 5.11. The van der Waals surface area contributed by atoms with Gasteiger partial charge in [0.1, 0.15) is 6.26 Å². The van der Waals surface area contributed by atoms with Gasteiger partial charge in [0.2, 0.25) is 0 Å². The Balaban J connectivity index is 0.